The average Bonchev–Trinajstić information content (AvgIpc) is 3.03. The van der Waals surface area contributed by atoms with Gasteiger partial charge in [-0.15, -0.1) is 0 Å². The van der Waals surface area contributed by atoms with Crippen LogP contribution in [0.3, 0.4) is 0 Å². The molecule has 0 amide bonds. The lowest BCUT2D eigenvalue weighted by molar-refractivity contribution is -0.160. The number of fused-ring (bicyclic) bond motifs is 5. The van der Waals surface area contributed by atoms with Gasteiger partial charge < -0.3 is 9.47 Å². The van der Waals surface area contributed by atoms with Gasteiger partial charge in [0.1, 0.15) is 18.1 Å². The summed E-state index contributed by atoms with van der Waals surface area (Å²) in [4.78, 5) is 22.6. The van der Waals surface area contributed by atoms with Crippen molar-refractivity contribution in [2.75, 3.05) is 7.11 Å². The summed E-state index contributed by atoms with van der Waals surface area (Å²) in [5.41, 5.74) is 0.645. The monoisotopic (exact) mass is 402 g/mol. The number of hydrogen-bond acceptors (Lipinski definition) is 4. The summed E-state index contributed by atoms with van der Waals surface area (Å²) in [5.74, 6) is 4.15. The molecular formula is C25H38O4. The van der Waals surface area contributed by atoms with Crippen LogP contribution < -0.4 is 0 Å². The van der Waals surface area contributed by atoms with Gasteiger partial charge in [-0.05, 0) is 92.3 Å². The van der Waals surface area contributed by atoms with Crippen LogP contribution >= 0.6 is 0 Å². The molecule has 4 nitrogen and oxygen atoms in total. The highest BCUT2D eigenvalue weighted by atomic mass is 16.5. The van der Waals surface area contributed by atoms with Crippen LogP contribution in [0, 0.1) is 40.4 Å². The smallest absolute Gasteiger partial charge is 0.302 e. The number of methoxy groups -OCH3 is 1. The number of rotatable bonds is 4. The molecule has 0 spiro atoms. The first kappa shape index (κ1) is 20.9. The molecule has 4 rings (SSSR count). The normalized spacial score (nSPS) is 46.8. The number of hydrogen-bond donors (Lipinski definition) is 0. The second-order valence-corrected chi connectivity index (χ2v) is 10.7. The average molecular weight is 403 g/mol. The summed E-state index contributed by atoms with van der Waals surface area (Å²) in [7, 11) is 1.71. The van der Waals surface area contributed by atoms with E-state index in [9.17, 15) is 9.59 Å². The van der Waals surface area contributed by atoms with E-state index >= 15 is 0 Å². The SMILES string of the molecule is CO/C(=C/C=O)[C@H]1CC[C@H]2[C@@H]3CC[C@@H]4C[C@@H](OC(C)=O)CC[C@]4(C)[C@H]3CC[C@]12C. The number of ether oxygens (including phenoxy) is 2. The van der Waals surface area contributed by atoms with E-state index in [1.807, 2.05) is 0 Å². The third-order valence-corrected chi connectivity index (χ3v) is 9.76. The Morgan fingerprint density at radius 3 is 2.38 bits per heavy atom. The maximum atomic E-state index is 11.4. The number of esters is 1. The van der Waals surface area contributed by atoms with E-state index in [0.29, 0.717) is 17.3 Å². The lowest BCUT2D eigenvalue weighted by atomic mass is 9.44. The van der Waals surface area contributed by atoms with Crippen molar-refractivity contribution >= 4 is 12.3 Å². The van der Waals surface area contributed by atoms with Gasteiger partial charge in [0, 0.05) is 18.9 Å². The van der Waals surface area contributed by atoms with Gasteiger partial charge in [0.25, 0.3) is 0 Å². The summed E-state index contributed by atoms with van der Waals surface area (Å²) in [6, 6.07) is 0. The zero-order chi connectivity index (χ0) is 20.8. The van der Waals surface area contributed by atoms with Crippen LogP contribution in [0.1, 0.15) is 78.6 Å². The molecule has 4 heteroatoms. The standard InChI is InChI=1S/C25H38O4/c1-16(27)29-18-9-12-24(2)17(15-18)5-6-19-20-7-8-22(23(28-4)11-14-26)25(20,3)13-10-21(19)24/h11,14,17-22H,5-10,12-13,15H2,1-4H3/b23-11+/t17-,18+,19+,20+,21+,22-,24+,25+/m1/s1. The molecule has 0 bridgehead atoms. The Labute approximate surface area is 175 Å². The van der Waals surface area contributed by atoms with Gasteiger partial charge in [-0.1, -0.05) is 13.8 Å². The number of carbonyl (C=O) groups excluding carboxylic acids is 2. The van der Waals surface area contributed by atoms with Gasteiger partial charge in [-0.3, -0.25) is 9.59 Å². The predicted molar refractivity (Wildman–Crippen MR) is 112 cm³/mol. The largest absolute Gasteiger partial charge is 0.501 e. The number of allylic oxidation sites excluding steroid dienone is 2. The summed E-state index contributed by atoms with van der Waals surface area (Å²) in [5, 5.41) is 0. The molecule has 0 aromatic carbocycles. The summed E-state index contributed by atoms with van der Waals surface area (Å²) in [6.45, 7) is 6.55. The first-order valence-corrected chi connectivity index (χ1v) is 11.7. The van der Waals surface area contributed by atoms with Gasteiger partial charge in [0.2, 0.25) is 0 Å². The zero-order valence-corrected chi connectivity index (χ0v) is 18.6. The predicted octanol–water partition coefficient (Wildman–Crippen LogP) is 5.31. The minimum absolute atomic E-state index is 0.129. The summed E-state index contributed by atoms with van der Waals surface area (Å²) < 4.78 is 11.3. The maximum absolute atomic E-state index is 11.4. The molecule has 162 valence electrons. The van der Waals surface area contributed by atoms with E-state index in [1.54, 1.807) is 13.2 Å². The molecule has 4 aliphatic carbocycles. The highest BCUT2D eigenvalue weighted by Crippen LogP contribution is 2.68. The molecule has 0 radical (unpaired) electrons. The van der Waals surface area contributed by atoms with Gasteiger partial charge in [0.05, 0.1) is 7.11 Å². The highest BCUT2D eigenvalue weighted by molar-refractivity contribution is 5.66. The Bertz CT molecular complexity index is 684. The third kappa shape index (κ3) is 3.35. The Morgan fingerprint density at radius 1 is 0.966 bits per heavy atom. The first-order valence-electron chi connectivity index (χ1n) is 11.7. The van der Waals surface area contributed by atoms with E-state index in [-0.39, 0.29) is 17.5 Å². The molecule has 0 N–H and O–H groups in total. The Kier molecular flexibility index (Phi) is 5.59. The van der Waals surface area contributed by atoms with Crippen molar-refractivity contribution in [1.82, 2.24) is 0 Å². The van der Waals surface area contributed by atoms with Crippen LogP contribution in [-0.4, -0.2) is 25.5 Å². The van der Waals surface area contributed by atoms with Gasteiger partial charge >= 0.3 is 5.97 Å². The molecular weight excluding hydrogens is 364 g/mol. The van der Waals surface area contributed by atoms with E-state index in [0.717, 1.165) is 49.1 Å². The molecule has 4 aliphatic rings. The van der Waals surface area contributed by atoms with Crippen molar-refractivity contribution in [3.05, 3.63) is 11.8 Å². The van der Waals surface area contributed by atoms with Crippen LogP contribution in [0.5, 0.6) is 0 Å². The Balaban J connectivity index is 1.54. The molecule has 0 saturated heterocycles. The summed E-state index contributed by atoms with van der Waals surface area (Å²) in [6.07, 6.45) is 13.5. The first-order chi connectivity index (χ1) is 13.8. The van der Waals surface area contributed by atoms with Crippen molar-refractivity contribution in [3.63, 3.8) is 0 Å². The van der Waals surface area contributed by atoms with E-state index in [4.69, 9.17) is 9.47 Å². The molecule has 0 aliphatic heterocycles. The van der Waals surface area contributed by atoms with Crippen LogP contribution in [0.25, 0.3) is 0 Å². The van der Waals surface area contributed by atoms with Gasteiger partial charge in [-0.2, -0.15) is 0 Å². The van der Waals surface area contributed by atoms with Gasteiger partial charge in [0.15, 0.2) is 0 Å². The molecule has 4 fully saturated rings. The fourth-order valence-electron chi connectivity index (χ4n) is 8.42. The Morgan fingerprint density at radius 2 is 1.69 bits per heavy atom. The minimum atomic E-state index is -0.130. The molecule has 0 aromatic heterocycles. The highest BCUT2D eigenvalue weighted by Gasteiger charge is 2.60. The molecule has 0 heterocycles. The zero-order valence-electron chi connectivity index (χ0n) is 18.6. The van der Waals surface area contributed by atoms with Crippen molar-refractivity contribution < 1.29 is 19.1 Å². The van der Waals surface area contributed by atoms with E-state index in [2.05, 4.69) is 13.8 Å². The van der Waals surface area contributed by atoms with Crippen LogP contribution in [0.2, 0.25) is 0 Å². The van der Waals surface area contributed by atoms with Crippen molar-refractivity contribution in [2.24, 2.45) is 40.4 Å². The molecule has 4 saturated carbocycles. The maximum Gasteiger partial charge on any atom is 0.302 e. The third-order valence-electron chi connectivity index (χ3n) is 9.76. The van der Waals surface area contributed by atoms with Crippen molar-refractivity contribution in [2.45, 2.75) is 84.7 Å². The van der Waals surface area contributed by atoms with Gasteiger partial charge in [-0.25, -0.2) is 0 Å². The summed E-state index contributed by atoms with van der Waals surface area (Å²) >= 11 is 0. The Hall–Kier alpha value is -1.32. The second kappa shape index (κ2) is 7.74. The van der Waals surface area contributed by atoms with Crippen LogP contribution in [-0.2, 0) is 19.1 Å². The lowest BCUT2D eigenvalue weighted by Crippen LogP contribution is -2.54. The van der Waals surface area contributed by atoms with Crippen molar-refractivity contribution in [3.8, 4) is 0 Å². The number of carbonyl (C=O) groups is 2. The number of aldehydes is 1. The topological polar surface area (TPSA) is 52.6 Å². The lowest BCUT2D eigenvalue weighted by Gasteiger charge is -2.61. The minimum Gasteiger partial charge on any atom is -0.501 e. The molecule has 8 atom stereocenters. The quantitative estimate of drug-likeness (QED) is 0.277. The van der Waals surface area contributed by atoms with E-state index < -0.39 is 0 Å². The fourth-order valence-corrected chi connectivity index (χ4v) is 8.42. The second-order valence-electron chi connectivity index (χ2n) is 10.7. The van der Waals surface area contributed by atoms with Crippen LogP contribution in [0.15, 0.2) is 11.8 Å². The molecule has 0 unspecified atom stereocenters. The fraction of sp³-hybridized carbons (Fsp3) is 0.840. The van der Waals surface area contributed by atoms with Crippen LogP contribution in [0.4, 0.5) is 0 Å². The molecule has 0 aromatic rings. The van der Waals surface area contributed by atoms with Crippen molar-refractivity contribution in [1.29, 1.82) is 0 Å². The molecule has 29 heavy (non-hydrogen) atoms. The van der Waals surface area contributed by atoms with E-state index in [1.165, 1.54) is 45.4 Å².